The highest BCUT2D eigenvalue weighted by Gasteiger charge is 2.45. The van der Waals surface area contributed by atoms with Crippen molar-refractivity contribution in [2.75, 3.05) is 13.1 Å². The second-order valence-corrected chi connectivity index (χ2v) is 17.1. The molecule has 1 aromatic heterocycles. The number of nitrogens with zero attached hydrogens (tertiary/aromatic N) is 4. The van der Waals surface area contributed by atoms with Crippen LogP contribution in [0.4, 0.5) is 0 Å². The number of fused-ring (bicyclic) bond motifs is 2. The number of aryl methyl sites for hydroxylation is 2. The lowest BCUT2D eigenvalue weighted by atomic mass is 9.98. The number of carbonyl (C=O) groups is 7. The van der Waals surface area contributed by atoms with Crippen molar-refractivity contribution in [3.63, 3.8) is 0 Å². The number of nitrogens with one attached hydrogen (secondary N) is 3. The Labute approximate surface area is 370 Å². The van der Waals surface area contributed by atoms with E-state index < -0.39 is 59.7 Å². The third-order valence-corrected chi connectivity index (χ3v) is 12.8. The topological polar surface area (TPSA) is 241 Å². The molecule has 0 spiro atoms. The van der Waals surface area contributed by atoms with Crippen LogP contribution in [-0.2, 0) is 47.0 Å². The Balaban J connectivity index is 0.932. The van der Waals surface area contributed by atoms with Gasteiger partial charge in [0.25, 0.3) is 0 Å². The van der Waals surface area contributed by atoms with E-state index in [0.717, 1.165) is 35.0 Å². The average molecular weight is 876 g/mol. The van der Waals surface area contributed by atoms with E-state index in [1.54, 1.807) is 16.5 Å². The molecule has 0 aliphatic carbocycles. The van der Waals surface area contributed by atoms with Crippen LogP contribution in [0.25, 0.3) is 11.0 Å². The van der Waals surface area contributed by atoms with E-state index in [1.807, 2.05) is 78.9 Å². The summed E-state index contributed by atoms with van der Waals surface area (Å²) in [6, 6.07) is 19.7. The number of amides is 7. The van der Waals surface area contributed by atoms with Gasteiger partial charge in [-0.3, -0.25) is 48.0 Å². The summed E-state index contributed by atoms with van der Waals surface area (Å²) >= 11 is 0. The number of hydrogen-bond donors (Lipinski definition) is 5. The first kappa shape index (κ1) is 45.4. The van der Waals surface area contributed by atoms with Crippen molar-refractivity contribution in [2.24, 2.45) is 18.5 Å². The van der Waals surface area contributed by atoms with Crippen molar-refractivity contribution >= 4 is 52.4 Å². The molecule has 3 fully saturated rings. The van der Waals surface area contributed by atoms with Gasteiger partial charge in [-0.25, -0.2) is 4.79 Å². The predicted molar refractivity (Wildman–Crippen MR) is 237 cm³/mol. The van der Waals surface area contributed by atoms with Crippen LogP contribution in [0.3, 0.4) is 0 Å². The summed E-state index contributed by atoms with van der Waals surface area (Å²) in [5.41, 5.74) is 15.6. The zero-order valence-corrected chi connectivity index (χ0v) is 36.1. The van der Waals surface area contributed by atoms with Gasteiger partial charge in [-0.2, -0.15) is 0 Å². The van der Waals surface area contributed by atoms with Gasteiger partial charge in [-0.1, -0.05) is 79.2 Å². The van der Waals surface area contributed by atoms with Gasteiger partial charge in [0, 0.05) is 45.4 Å². The molecular formula is C47H57N9O8. The van der Waals surface area contributed by atoms with E-state index in [4.69, 9.17) is 11.5 Å². The van der Waals surface area contributed by atoms with Crippen molar-refractivity contribution in [1.29, 1.82) is 0 Å². The first-order chi connectivity index (χ1) is 30.8. The van der Waals surface area contributed by atoms with Gasteiger partial charge < -0.3 is 31.9 Å². The maximum atomic E-state index is 14.0. The van der Waals surface area contributed by atoms with Crippen LogP contribution in [-0.4, -0.2) is 97.5 Å². The molecule has 0 radical (unpaired) electrons. The Morgan fingerprint density at radius 2 is 1.52 bits per heavy atom. The summed E-state index contributed by atoms with van der Waals surface area (Å²) in [7, 11) is 1.67. The van der Waals surface area contributed by atoms with Crippen LogP contribution in [0.15, 0.2) is 83.7 Å². The van der Waals surface area contributed by atoms with Crippen molar-refractivity contribution in [1.82, 2.24) is 34.9 Å². The van der Waals surface area contributed by atoms with Crippen LogP contribution >= 0.6 is 0 Å². The smallest absolute Gasteiger partial charge is 0.329 e. The van der Waals surface area contributed by atoms with Crippen LogP contribution in [0.1, 0.15) is 99.4 Å². The molecule has 7 amide bonds. The number of aromatic nitrogens is 2. The predicted octanol–water partition coefficient (Wildman–Crippen LogP) is 2.00. The fraction of sp³-hybridized carbons (Fsp3) is 0.447. The van der Waals surface area contributed by atoms with Gasteiger partial charge in [-0.15, -0.1) is 0 Å². The summed E-state index contributed by atoms with van der Waals surface area (Å²) in [6.45, 7) is 0.360. The molecule has 1 unspecified atom stereocenters. The van der Waals surface area contributed by atoms with Gasteiger partial charge in [-0.05, 0) is 74.1 Å². The minimum absolute atomic E-state index is 0.000574. The quantitative estimate of drug-likeness (QED) is 0.0816. The first-order valence-electron chi connectivity index (χ1n) is 22.2. The van der Waals surface area contributed by atoms with E-state index in [1.165, 1.54) is 9.47 Å². The molecule has 17 nitrogen and oxygen atoms in total. The highest BCUT2D eigenvalue weighted by molar-refractivity contribution is 6.00. The van der Waals surface area contributed by atoms with E-state index in [0.29, 0.717) is 44.2 Å². The fourth-order valence-corrected chi connectivity index (χ4v) is 9.48. The number of carbonyl (C=O) groups excluding carboxylic acids is 7. The van der Waals surface area contributed by atoms with E-state index in [9.17, 15) is 38.4 Å². The number of rotatable bonds is 16. The van der Waals surface area contributed by atoms with E-state index in [-0.39, 0.29) is 62.2 Å². The summed E-state index contributed by atoms with van der Waals surface area (Å²) in [5, 5.41) is 8.22. The molecule has 17 heteroatoms. The number of para-hydroxylation sites is 1. The van der Waals surface area contributed by atoms with Crippen LogP contribution in [0.2, 0.25) is 0 Å². The van der Waals surface area contributed by atoms with Gasteiger partial charge in [0.15, 0.2) is 0 Å². The molecule has 0 saturated carbocycles. The Hall–Kier alpha value is -6.62. The molecule has 3 aliphatic rings. The van der Waals surface area contributed by atoms with Gasteiger partial charge in [0.2, 0.25) is 41.4 Å². The molecular weight excluding hydrogens is 819 g/mol. The number of benzene rings is 3. The Kier molecular flexibility index (Phi) is 14.4. The third kappa shape index (κ3) is 10.1. The van der Waals surface area contributed by atoms with Gasteiger partial charge >= 0.3 is 5.69 Å². The largest absolute Gasteiger partial charge is 0.370 e. The first-order valence-corrected chi connectivity index (χ1v) is 22.2. The van der Waals surface area contributed by atoms with Crippen molar-refractivity contribution in [2.45, 2.75) is 113 Å². The summed E-state index contributed by atoms with van der Waals surface area (Å²) < 4.78 is 3.01. The minimum atomic E-state index is -1.12. The van der Waals surface area contributed by atoms with Crippen LogP contribution in [0, 0.1) is 0 Å². The van der Waals surface area contributed by atoms with Crippen molar-refractivity contribution in [3.8, 4) is 0 Å². The molecule has 3 saturated heterocycles. The Morgan fingerprint density at radius 3 is 2.19 bits per heavy atom. The number of nitrogens with two attached hydrogens (primary N) is 2. The highest BCUT2D eigenvalue weighted by Crippen LogP contribution is 2.31. The summed E-state index contributed by atoms with van der Waals surface area (Å²) in [4.78, 5) is 108. The molecule has 338 valence electrons. The Bertz CT molecular complexity index is 2410. The number of piperidine rings is 1. The number of primary amides is 1. The SMILES string of the molecule is Cn1c(=O)n(C2CCC(=O)NC2=O)c2cccc(CCCCCC(=O)N3CC[C@H]4CC[C@@H](C(=O)N[C@@H](CCC(N)=O)C(=O)NC(c5ccccc5)c5ccccc5)N4C(=O)[C@@H](N)C3)c21. The summed E-state index contributed by atoms with van der Waals surface area (Å²) in [5.74, 6) is -3.03. The molecule has 7 rings (SSSR count). The van der Waals surface area contributed by atoms with Crippen molar-refractivity contribution in [3.05, 3.63) is 106 Å². The molecule has 3 aromatic carbocycles. The monoisotopic (exact) mass is 875 g/mol. The highest BCUT2D eigenvalue weighted by atomic mass is 16.2. The molecule has 4 heterocycles. The number of unbranched alkanes of at least 4 members (excludes halogenated alkanes) is 2. The van der Waals surface area contributed by atoms with E-state index >= 15 is 0 Å². The minimum Gasteiger partial charge on any atom is -0.370 e. The average Bonchev–Trinajstić information content (AvgIpc) is 3.82. The number of imide groups is 1. The van der Waals surface area contributed by atoms with Crippen LogP contribution < -0.4 is 33.1 Å². The molecule has 4 aromatic rings. The Morgan fingerprint density at radius 1 is 0.812 bits per heavy atom. The second kappa shape index (κ2) is 20.3. The summed E-state index contributed by atoms with van der Waals surface area (Å²) in [6.07, 6.45) is 4.52. The lowest BCUT2D eigenvalue weighted by Gasteiger charge is -2.37. The molecule has 0 bridgehead atoms. The molecule has 7 N–H and O–H groups in total. The van der Waals surface area contributed by atoms with Crippen LogP contribution in [0.5, 0.6) is 0 Å². The number of hydrogen-bond acceptors (Lipinski definition) is 9. The lowest BCUT2D eigenvalue weighted by Crippen LogP contribution is -2.60. The molecule has 64 heavy (non-hydrogen) atoms. The third-order valence-electron chi connectivity index (χ3n) is 12.8. The zero-order chi connectivity index (χ0) is 45.5. The normalized spacial score (nSPS) is 20.6. The maximum absolute atomic E-state index is 14.0. The molecule has 3 aliphatic heterocycles. The second-order valence-electron chi connectivity index (χ2n) is 17.1. The zero-order valence-electron chi connectivity index (χ0n) is 36.1. The lowest BCUT2D eigenvalue weighted by molar-refractivity contribution is -0.145. The standard InChI is InChI=1S/C47H57N9O8/c1-53-42-31(17-11-18-35(42)56(47(53)64)37-23-25-39(58)51-45(37)62)16-9-4-10-19-40(59)54-27-26-32-20-22-36(55(32)46(63)33(48)28-54)44(61)50-34(21-24-38(49)57)43(60)52-41(29-12-5-2-6-13-29)30-14-7-3-8-15-30/h2-3,5-8,11-15,17-18,32-34,36-37,41H,4,9-10,16,19-28,48H2,1H3,(H2,49,57)(H,50,61)(H,52,60)(H,51,58,62)/t32-,33+,34+,36+,37?/m1/s1. The fourth-order valence-electron chi connectivity index (χ4n) is 9.48. The maximum Gasteiger partial charge on any atom is 0.329 e. The number of imidazole rings is 1. The van der Waals surface area contributed by atoms with Crippen molar-refractivity contribution < 1.29 is 33.6 Å². The van der Waals surface area contributed by atoms with E-state index in [2.05, 4.69) is 16.0 Å². The van der Waals surface area contributed by atoms with Gasteiger partial charge in [0.05, 0.1) is 17.1 Å². The van der Waals surface area contributed by atoms with Gasteiger partial charge in [0.1, 0.15) is 24.2 Å². The molecule has 5 atom stereocenters.